The van der Waals surface area contributed by atoms with Gasteiger partial charge in [-0.1, -0.05) is 0 Å². The molecule has 0 spiro atoms. The van der Waals surface area contributed by atoms with E-state index in [1.807, 2.05) is 0 Å². The van der Waals surface area contributed by atoms with Gasteiger partial charge in [0.05, 0.1) is 6.54 Å². The molecule has 7 nitrogen and oxygen atoms in total. The zero-order chi connectivity index (χ0) is 18.8. The van der Waals surface area contributed by atoms with Crippen molar-refractivity contribution in [3.8, 4) is 0 Å². The van der Waals surface area contributed by atoms with E-state index < -0.39 is 0 Å². The van der Waals surface area contributed by atoms with Gasteiger partial charge in [-0.2, -0.15) is 4.98 Å². The lowest BCUT2D eigenvalue weighted by atomic mass is 10.1. The molecule has 0 bridgehead atoms. The molecule has 2 aromatic heterocycles. The van der Waals surface area contributed by atoms with Gasteiger partial charge in [0.2, 0.25) is 0 Å². The largest absolute Gasteiger partial charge is 0.423 e. The Morgan fingerprint density at radius 1 is 1.26 bits per heavy atom. The number of oxazole rings is 1. The van der Waals surface area contributed by atoms with Crippen molar-refractivity contribution in [2.24, 2.45) is 0 Å². The summed E-state index contributed by atoms with van der Waals surface area (Å²) >= 11 is 0. The number of fused-ring (bicyclic) bond motifs is 1. The number of aromatic nitrogens is 3. The molecule has 27 heavy (non-hydrogen) atoms. The first-order chi connectivity index (χ1) is 13.1. The van der Waals surface area contributed by atoms with Gasteiger partial charge in [-0.15, -0.1) is 0 Å². The fourth-order valence-electron chi connectivity index (χ4n) is 3.58. The summed E-state index contributed by atoms with van der Waals surface area (Å²) in [6.07, 6.45) is 4.77. The van der Waals surface area contributed by atoms with Crippen LogP contribution in [-0.4, -0.2) is 46.0 Å². The van der Waals surface area contributed by atoms with E-state index in [9.17, 15) is 4.39 Å². The molecule has 0 saturated carbocycles. The number of nitrogens with zero attached hydrogens (tertiary/aromatic N) is 5. The molecule has 1 saturated heterocycles. The monoisotopic (exact) mass is 370 g/mol. The van der Waals surface area contributed by atoms with E-state index in [2.05, 4.69) is 31.8 Å². The lowest BCUT2D eigenvalue weighted by molar-refractivity contribution is 0.212. The van der Waals surface area contributed by atoms with Gasteiger partial charge in [-0.25, -0.2) is 14.4 Å². The molecule has 8 heteroatoms. The molecule has 1 aromatic carbocycles. The Hall–Kier alpha value is -2.74. The van der Waals surface area contributed by atoms with Crippen LogP contribution in [0.4, 0.5) is 16.2 Å². The smallest absolute Gasteiger partial charge is 0.298 e. The van der Waals surface area contributed by atoms with E-state index >= 15 is 0 Å². The SMILES string of the molecule is CN(Cc1nccc(N)n1)[C@H]1CCCN(c2nc3cc(F)ccc3o2)CC1. The van der Waals surface area contributed by atoms with Crippen LogP contribution in [0.1, 0.15) is 25.1 Å². The molecule has 0 unspecified atom stereocenters. The lowest BCUT2D eigenvalue weighted by Crippen LogP contribution is -2.33. The molecule has 0 aliphatic carbocycles. The Balaban J connectivity index is 1.42. The standard InChI is InChI=1S/C19H23FN6O/c1-25(12-18-22-8-6-17(21)24-18)14-3-2-9-26(10-7-14)19-23-15-11-13(20)4-5-16(15)27-19/h4-6,8,11,14H,2-3,7,9-10,12H2,1H3,(H2,21,22,24)/t14-/m0/s1. The summed E-state index contributed by atoms with van der Waals surface area (Å²) < 4.78 is 19.2. The number of hydrogen-bond acceptors (Lipinski definition) is 7. The third-order valence-corrected chi connectivity index (χ3v) is 5.05. The van der Waals surface area contributed by atoms with Gasteiger partial charge in [-0.05, 0) is 44.5 Å². The van der Waals surface area contributed by atoms with E-state index in [-0.39, 0.29) is 5.82 Å². The van der Waals surface area contributed by atoms with Crippen LogP contribution < -0.4 is 10.6 Å². The van der Waals surface area contributed by atoms with Crippen LogP contribution in [0.3, 0.4) is 0 Å². The Labute approximate surface area is 157 Å². The Morgan fingerprint density at radius 2 is 2.15 bits per heavy atom. The maximum absolute atomic E-state index is 13.4. The van der Waals surface area contributed by atoms with E-state index in [4.69, 9.17) is 10.2 Å². The van der Waals surface area contributed by atoms with Gasteiger partial charge in [0.15, 0.2) is 5.58 Å². The van der Waals surface area contributed by atoms with Crippen molar-refractivity contribution in [3.05, 3.63) is 42.1 Å². The van der Waals surface area contributed by atoms with Crippen molar-refractivity contribution in [1.29, 1.82) is 0 Å². The molecule has 1 aliphatic heterocycles. The molecule has 0 amide bonds. The summed E-state index contributed by atoms with van der Waals surface area (Å²) in [5.41, 5.74) is 6.92. The minimum Gasteiger partial charge on any atom is -0.423 e. The third kappa shape index (κ3) is 4.00. The highest BCUT2D eigenvalue weighted by molar-refractivity contribution is 5.74. The summed E-state index contributed by atoms with van der Waals surface area (Å²) in [6, 6.07) is 7.10. The topological polar surface area (TPSA) is 84.3 Å². The first kappa shape index (κ1) is 17.7. The van der Waals surface area contributed by atoms with Crippen molar-refractivity contribution in [2.45, 2.75) is 31.8 Å². The summed E-state index contributed by atoms with van der Waals surface area (Å²) in [5, 5.41) is 0. The molecule has 4 rings (SSSR count). The van der Waals surface area contributed by atoms with Gasteiger partial charge in [-0.3, -0.25) is 4.90 Å². The number of halogens is 1. The molecule has 1 aliphatic rings. The minimum atomic E-state index is -0.302. The molecular weight excluding hydrogens is 347 g/mol. The van der Waals surface area contributed by atoms with Crippen LogP contribution in [0.5, 0.6) is 0 Å². The highest BCUT2D eigenvalue weighted by Gasteiger charge is 2.23. The van der Waals surface area contributed by atoms with Crippen molar-refractivity contribution in [2.75, 3.05) is 30.8 Å². The van der Waals surface area contributed by atoms with Crippen molar-refractivity contribution in [3.63, 3.8) is 0 Å². The quantitative estimate of drug-likeness (QED) is 0.756. The predicted octanol–water partition coefficient (Wildman–Crippen LogP) is 2.83. The highest BCUT2D eigenvalue weighted by Crippen LogP contribution is 2.26. The highest BCUT2D eigenvalue weighted by atomic mass is 19.1. The van der Waals surface area contributed by atoms with Crippen LogP contribution in [0.2, 0.25) is 0 Å². The molecule has 1 atom stereocenters. The number of benzene rings is 1. The molecule has 0 radical (unpaired) electrons. The fraction of sp³-hybridized carbons (Fsp3) is 0.421. The minimum absolute atomic E-state index is 0.302. The zero-order valence-electron chi connectivity index (χ0n) is 15.3. The maximum Gasteiger partial charge on any atom is 0.298 e. The number of nitrogens with two attached hydrogens (primary N) is 1. The first-order valence-electron chi connectivity index (χ1n) is 9.17. The van der Waals surface area contributed by atoms with Crippen molar-refractivity contribution < 1.29 is 8.81 Å². The van der Waals surface area contributed by atoms with Gasteiger partial charge in [0.1, 0.15) is 23.0 Å². The van der Waals surface area contributed by atoms with Crippen LogP contribution in [0.25, 0.3) is 11.1 Å². The van der Waals surface area contributed by atoms with Crippen LogP contribution in [-0.2, 0) is 6.54 Å². The average molecular weight is 370 g/mol. The Morgan fingerprint density at radius 3 is 3.00 bits per heavy atom. The van der Waals surface area contributed by atoms with Gasteiger partial charge >= 0.3 is 0 Å². The summed E-state index contributed by atoms with van der Waals surface area (Å²) in [5.74, 6) is 0.927. The fourth-order valence-corrected chi connectivity index (χ4v) is 3.58. The molecule has 1 fully saturated rings. The van der Waals surface area contributed by atoms with Crippen molar-refractivity contribution >= 4 is 22.9 Å². The summed E-state index contributed by atoms with van der Waals surface area (Å²) in [4.78, 5) is 17.5. The normalized spacial score (nSPS) is 18.2. The zero-order valence-corrected chi connectivity index (χ0v) is 15.3. The van der Waals surface area contributed by atoms with Gasteiger partial charge in [0.25, 0.3) is 6.01 Å². The molecule has 3 heterocycles. The van der Waals surface area contributed by atoms with E-state index in [0.717, 1.165) is 38.2 Å². The molecule has 3 aromatic rings. The summed E-state index contributed by atoms with van der Waals surface area (Å²) in [7, 11) is 2.09. The van der Waals surface area contributed by atoms with E-state index in [0.29, 0.717) is 35.5 Å². The molecule has 142 valence electrons. The maximum atomic E-state index is 13.4. The van der Waals surface area contributed by atoms with Crippen LogP contribution >= 0.6 is 0 Å². The van der Waals surface area contributed by atoms with Gasteiger partial charge in [0, 0.05) is 31.4 Å². The number of hydrogen-bond donors (Lipinski definition) is 1. The van der Waals surface area contributed by atoms with Crippen molar-refractivity contribution in [1.82, 2.24) is 19.9 Å². The Kier molecular flexibility index (Phi) is 4.89. The second-order valence-electron chi connectivity index (χ2n) is 6.99. The van der Waals surface area contributed by atoms with E-state index in [1.54, 1.807) is 18.3 Å². The number of nitrogen functional groups attached to an aromatic ring is 1. The van der Waals surface area contributed by atoms with Crippen LogP contribution in [0.15, 0.2) is 34.9 Å². The second-order valence-corrected chi connectivity index (χ2v) is 6.99. The average Bonchev–Trinajstić information content (AvgIpc) is 2.89. The predicted molar refractivity (Wildman–Crippen MR) is 102 cm³/mol. The third-order valence-electron chi connectivity index (χ3n) is 5.05. The summed E-state index contributed by atoms with van der Waals surface area (Å²) in [6.45, 7) is 2.37. The lowest BCUT2D eigenvalue weighted by Gasteiger charge is -2.26. The molecule has 2 N–H and O–H groups in total. The first-order valence-corrected chi connectivity index (χ1v) is 9.17. The number of anilines is 2. The van der Waals surface area contributed by atoms with Crippen LogP contribution in [0, 0.1) is 5.82 Å². The second kappa shape index (κ2) is 7.48. The number of rotatable bonds is 4. The molecular formula is C19H23FN6O. The van der Waals surface area contributed by atoms with E-state index in [1.165, 1.54) is 12.1 Å². The Bertz CT molecular complexity index is 929. The van der Waals surface area contributed by atoms with Gasteiger partial charge < -0.3 is 15.1 Å².